The Morgan fingerprint density at radius 2 is 1.55 bits per heavy atom. The van der Waals surface area contributed by atoms with Crippen LogP contribution in [0.5, 0.6) is 5.75 Å². The molecular weight excluding hydrogens is 384 g/mol. The number of alkyl halides is 4. The number of carbonyl (C=O) groups is 1. The number of ketones is 1. The van der Waals surface area contributed by atoms with Crippen LogP contribution in [0.4, 0.5) is 17.6 Å². The van der Waals surface area contributed by atoms with E-state index >= 15 is 0 Å². The Kier molecular flexibility index (Phi) is 9.44. The van der Waals surface area contributed by atoms with Gasteiger partial charge in [0.1, 0.15) is 5.75 Å². The molecule has 0 N–H and O–H groups in total. The van der Waals surface area contributed by atoms with Crippen LogP contribution in [-0.2, 0) is 0 Å². The van der Waals surface area contributed by atoms with Gasteiger partial charge in [0.05, 0.1) is 12.2 Å². The molecule has 2 nitrogen and oxygen atoms in total. The standard InChI is InChI=1S/C23H32F4O2/c1-3-6-15-9-11-16(12-10-15)7-5-8-18(28)17-13-14-19(29-4-2)21(23(26)27)20(17)22(24)25/h13-16,22-23H,3-12H2,1-2H3. The van der Waals surface area contributed by atoms with Gasteiger partial charge in [-0.05, 0) is 37.3 Å². The van der Waals surface area contributed by atoms with Gasteiger partial charge < -0.3 is 4.74 Å². The van der Waals surface area contributed by atoms with Gasteiger partial charge >= 0.3 is 0 Å². The van der Waals surface area contributed by atoms with Crippen LogP contribution in [0.15, 0.2) is 12.1 Å². The minimum Gasteiger partial charge on any atom is -0.493 e. The molecule has 0 bridgehead atoms. The Hall–Kier alpha value is -1.59. The van der Waals surface area contributed by atoms with E-state index in [-0.39, 0.29) is 24.3 Å². The number of carbonyl (C=O) groups excluding carboxylic acids is 1. The Morgan fingerprint density at radius 1 is 0.966 bits per heavy atom. The zero-order valence-electron chi connectivity index (χ0n) is 17.4. The second-order valence-corrected chi connectivity index (χ2v) is 7.96. The van der Waals surface area contributed by atoms with E-state index in [1.165, 1.54) is 37.8 Å². The van der Waals surface area contributed by atoms with Gasteiger partial charge in [0.25, 0.3) is 12.9 Å². The third kappa shape index (κ3) is 6.45. The van der Waals surface area contributed by atoms with Crippen molar-refractivity contribution < 1.29 is 27.1 Å². The maximum Gasteiger partial charge on any atom is 0.267 e. The molecule has 0 amide bonds. The highest BCUT2D eigenvalue weighted by Gasteiger charge is 2.30. The summed E-state index contributed by atoms with van der Waals surface area (Å²) < 4.78 is 59.2. The number of ether oxygens (including phenoxy) is 1. The van der Waals surface area contributed by atoms with Gasteiger partial charge in [0.15, 0.2) is 5.78 Å². The van der Waals surface area contributed by atoms with Crippen molar-refractivity contribution in [3.63, 3.8) is 0 Å². The maximum absolute atomic E-state index is 13.6. The molecule has 1 saturated carbocycles. The van der Waals surface area contributed by atoms with Gasteiger partial charge in [-0.25, -0.2) is 17.6 Å². The zero-order valence-corrected chi connectivity index (χ0v) is 17.4. The van der Waals surface area contributed by atoms with Crippen LogP contribution in [0.2, 0.25) is 0 Å². The first-order valence-corrected chi connectivity index (χ1v) is 10.8. The van der Waals surface area contributed by atoms with Crippen molar-refractivity contribution in [2.75, 3.05) is 6.61 Å². The molecule has 164 valence electrons. The molecule has 1 aromatic carbocycles. The van der Waals surface area contributed by atoms with Crippen molar-refractivity contribution >= 4 is 5.78 Å². The van der Waals surface area contributed by atoms with E-state index in [4.69, 9.17) is 4.74 Å². The van der Waals surface area contributed by atoms with Gasteiger partial charge in [-0.2, -0.15) is 0 Å². The van der Waals surface area contributed by atoms with Gasteiger partial charge in [0.2, 0.25) is 0 Å². The normalized spacial score (nSPS) is 19.7. The highest BCUT2D eigenvalue weighted by atomic mass is 19.3. The van der Waals surface area contributed by atoms with Crippen molar-refractivity contribution in [2.24, 2.45) is 11.8 Å². The topological polar surface area (TPSA) is 26.3 Å². The summed E-state index contributed by atoms with van der Waals surface area (Å²) in [7, 11) is 0. The SMILES string of the molecule is CCCC1CCC(CCCC(=O)c2ccc(OCC)c(C(F)F)c2C(F)F)CC1. The molecule has 0 atom stereocenters. The van der Waals surface area contributed by atoms with Gasteiger partial charge in [0, 0.05) is 17.5 Å². The summed E-state index contributed by atoms with van der Waals surface area (Å²) in [4.78, 5) is 12.6. The number of benzene rings is 1. The maximum atomic E-state index is 13.6. The lowest BCUT2D eigenvalue weighted by molar-refractivity contribution is 0.0952. The molecule has 29 heavy (non-hydrogen) atoms. The molecule has 1 aliphatic rings. The molecule has 0 spiro atoms. The molecule has 0 radical (unpaired) electrons. The smallest absolute Gasteiger partial charge is 0.267 e. The Labute approximate surface area is 171 Å². The van der Waals surface area contributed by atoms with Crippen molar-refractivity contribution in [3.8, 4) is 5.75 Å². The van der Waals surface area contributed by atoms with E-state index in [0.29, 0.717) is 12.3 Å². The minimum atomic E-state index is -3.16. The summed E-state index contributed by atoms with van der Waals surface area (Å²) in [6, 6.07) is 2.41. The fourth-order valence-corrected chi connectivity index (χ4v) is 4.50. The lowest BCUT2D eigenvalue weighted by Gasteiger charge is -2.28. The van der Waals surface area contributed by atoms with Crippen molar-refractivity contribution in [1.82, 2.24) is 0 Å². The quantitative estimate of drug-likeness (QED) is 0.270. The van der Waals surface area contributed by atoms with Crippen LogP contribution in [-0.4, -0.2) is 12.4 Å². The van der Waals surface area contributed by atoms with Crippen LogP contribution >= 0.6 is 0 Å². The van der Waals surface area contributed by atoms with E-state index in [9.17, 15) is 22.4 Å². The van der Waals surface area contributed by atoms with E-state index in [1.54, 1.807) is 6.92 Å². The first-order chi connectivity index (χ1) is 13.9. The number of halogens is 4. The van der Waals surface area contributed by atoms with Crippen molar-refractivity contribution in [3.05, 3.63) is 28.8 Å². The summed E-state index contributed by atoms with van der Waals surface area (Å²) in [6.07, 6.45) is 2.51. The number of hydrogen-bond donors (Lipinski definition) is 0. The predicted octanol–water partition coefficient (Wildman–Crippen LogP) is 7.92. The lowest BCUT2D eigenvalue weighted by Crippen LogP contribution is -2.15. The monoisotopic (exact) mass is 416 g/mol. The molecule has 6 heteroatoms. The van der Waals surface area contributed by atoms with Gasteiger partial charge in [-0.15, -0.1) is 0 Å². The third-order valence-electron chi connectivity index (χ3n) is 5.96. The second kappa shape index (κ2) is 11.6. The summed E-state index contributed by atoms with van der Waals surface area (Å²) in [5, 5.41) is 0. The fourth-order valence-electron chi connectivity index (χ4n) is 4.50. The molecule has 1 aromatic rings. The summed E-state index contributed by atoms with van der Waals surface area (Å²) in [5.41, 5.74) is -2.04. The highest BCUT2D eigenvalue weighted by Crippen LogP contribution is 2.40. The van der Waals surface area contributed by atoms with E-state index < -0.39 is 29.8 Å². The Morgan fingerprint density at radius 3 is 2.07 bits per heavy atom. The van der Waals surface area contributed by atoms with E-state index in [0.717, 1.165) is 25.2 Å². The van der Waals surface area contributed by atoms with Crippen LogP contribution in [0.3, 0.4) is 0 Å². The summed E-state index contributed by atoms with van der Waals surface area (Å²) in [5.74, 6) is 0.605. The van der Waals surface area contributed by atoms with Gasteiger partial charge in [-0.3, -0.25) is 4.79 Å². The molecule has 0 aliphatic heterocycles. The van der Waals surface area contributed by atoms with Crippen molar-refractivity contribution in [2.45, 2.75) is 84.5 Å². The van der Waals surface area contributed by atoms with Crippen LogP contribution < -0.4 is 4.74 Å². The first-order valence-electron chi connectivity index (χ1n) is 10.8. The fraction of sp³-hybridized carbons (Fsp3) is 0.696. The molecule has 0 aromatic heterocycles. The average molecular weight is 416 g/mol. The highest BCUT2D eigenvalue weighted by molar-refractivity contribution is 5.98. The first kappa shape index (κ1) is 23.7. The second-order valence-electron chi connectivity index (χ2n) is 7.96. The number of hydrogen-bond acceptors (Lipinski definition) is 2. The molecule has 0 heterocycles. The summed E-state index contributed by atoms with van der Waals surface area (Å²) in [6.45, 7) is 3.87. The van der Waals surface area contributed by atoms with Crippen LogP contribution in [0.1, 0.15) is 106 Å². The lowest BCUT2D eigenvalue weighted by atomic mass is 9.78. The van der Waals surface area contributed by atoms with Gasteiger partial charge in [-0.1, -0.05) is 51.9 Å². The number of Topliss-reactive ketones (excluding diaryl/α,β-unsaturated/α-hetero) is 1. The molecule has 2 rings (SSSR count). The van der Waals surface area contributed by atoms with Crippen LogP contribution in [0, 0.1) is 11.8 Å². The van der Waals surface area contributed by atoms with Crippen molar-refractivity contribution in [1.29, 1.82) is 0 Å². The molecule has 0 unspecified atom stereocenters. The molecular formula is C23H32F4O2. The molecule has 1 aliphatic carbocycles. The largest absolute Gasteiger partial charge is 0.493 e. The van der Waals surface area contributed by atoms with Crippen LogP contribution in [0.25, 0.3) is 0 Å². The number of rotatable bonds is 11. The van der Waals surface area contributed by atoms with E-state index in [1.807, 2.05) is 0 Å². The Balaban J connectivity index is 2.02. The predicted molar refractivity (Wildman–Crippen MR) is 106 cm³/mol. The van der Waals surface area contributed by atoms with E-state index in [2.05, 4.69) is 6.92 Å². The minimum absolute atomic E-state index is 0.0796. The molecule has 0 saturated heterocycles. The third-order valence-corrected chi connectivity index (χ3v) is 5.96. The summed E-state index contributed by atoms with van der Waals surface area (Å²) >= 11 is 0. The zero-order chi connectivity index (χ0) is 21.4. The average Bonchev–Trinajstić information content (AvgIpc) is 2.69. The Bertz CT molecular complexity index is 653. The molecule has 1 fully saturated rings.